The van der Waals surface area contributed by atoms with Crippen molar-refractivity contribution in [2.45, 2.75) is 6.42 Å². The van der Waals surface area contributed by atoms with Crippen LogP contribution in [0.4, 0.5) is 5.82 Å². The zero-order chi connectivity index (χ0) is 11.3. The first-order chi connectivity index (χ1) is 7.13. The molecule has 0 saturated heterocycles. The molecule has 0 amide bonds. The molecule has 0 bridgehead atoms. The van der Waals surface area contributed by atoms with Gasteiger partial charge in [-0.05, 0) is 22.0 Å². The molecule has 6 heteroatoms. The third-order valence-corrected chi connectivity index (χ3v) is 2.04. The molecule has 0 atom stereocenters. The molecule has 0 radical (unpaired) electrons. The van der Waals surface area contributed by atoms with Gasteiger partial charge >= 0.3 is 5.97 Å². The van der Waals surface area contributed by atoms with Gasteiger partial charge in [0.15, 0.2) is 0 Å². The number of aromatic nitrogens is 1. The van der Waals surface area contributed by atoms with Crippen molar-refractivity contribution < 1.29 is 9.90 Å². The summed E-state index contributed by atoms with van der Waals surface area (Å²) >= 11 is 3.19. The lowest BCUT2D eigenvalue weighted by atomic mass is 10.3. The number of pyridine rings is 1. The molecule has 15 heavy (non-hydrogen) atoms. The number of carboxylic acids is 1. The molecular weight excluding hydrogens is 262 g/mol. The predicted octanol–water partition coefficient (Wildman–Crippen LogP) is 1.60. The summed E-state index contributed by atoms with van der Waals surface area (Å²) in [6.07, 6.45) is 1.53. The van der Waals surface area contributed by atoms with Gasteiger partial charge in [-0.15, -0.1) is 0 Å². The number of hydrogen-bond acceptors (Lipinski definition) is 4. The lowest BCUT2D eigenvalue weighted by Gasteiger charge is -2.05. The van der Waals surface area contributed by atoms with E-state index >= 15 is 0 Å². The fourth-order valence-electron chi connectivity index (χ4n) is 0.953. The quantitative estimate of drug-likeness (QED) is 0.867. The molecule has 1 rings (SSSR count). The fourth-order valence-corrected chi connectivity index (χ4v) is 1.28. The third-order valence-electron chi connectivity index (χ3n) is 1.61. The standard InChI is InChI=1S/C9H8BrN3O2/c10-7-3-6(4-11)9(13-5-7)12-2-1-8(14)15/h3,5H,1-2H2,(H,12,13)(H,14,15). The van der Waals surface area contributed by atoms with E-state index in [0.717, 1.165) is 0 Å². The van der Waals surface area contributed by atoms with Crippen molar-refractivity contribution >= 4 is 27.7 Å². The van der Waals surface area contributed by atoms with Gasteiger partial charge in [0.2, 0.25) is 0 Å². The lowest BCUT2D eigenvalue weighted by molar-refractivity contribution is -0.136. The number of nitrogens with zero attached hydrogens (tertiary/aromatic N) is 2. The zero-order valence-electron chi connectivity index (χ0n) is 7.70. The second-order valence-electron chi connectivity index (χ2n) is 2.73. The van der Waals surface area contributed by atoms with Crippen LogP contribution >= 0.6 is 15.9 Å². The highest BCUT2D eigenvalue weighted by Gasteiger charge is 2.04. The van der Waals surface area contributed by atoms with E-state index in [4.69, 9.17) is 10.4 Å². The molecule has 0 unspecified atom stereocenters. The molecule has 0 aliphatic carbocycles. The summed E-state index contributed by atoms with van der Waals surface area (Å²) in [6, 6.07) is 3.59. The number of carboxylic acid groups (broad SMARTS) is 1. The molecule has 0 aliphatic heterocycles. The normalized spacial score (nSPS) is 9.33. The van der Waals surface area contributed by atoms with Gasteiger partial charge < -0.3 is 10.4 Å². The topological polar surface area (TPSA) is 86.0 Å². The first kappa shape index (κ1) is 11.5. The molecule has 0 aliphatic rings. The molecule has 2 N–H and O–H groups in total. The van der Waals surface area contributed by atoms with Crippen molar-refractivity contribution in [3.63, 3.8) is 0 Å². The van der Waals surface area contributed by atoms with E-state index < -0.39 is 5.97 Å². The first-order valence-corrected chi connectivity index (χ1v) is 4.94. The highest BCUT2D eigenvalue weighted by molar-refractivity contribution is 9.10. The monoisotopic (exact) mass is 269 g/mol. The van der Waals surface area contributed by atoms with E-state index in [0.29, 0.717) is 15.9 Å². The number of nitrogens with one attached hydrogen (secondary N) is 1. The number of carbonyl (C=O) groups is 1. The molecule has 1 aromatic heterocycles. The summed E-state index contributed by atoms with van der Waals surface area (Å²) in [5.41, 5.74) is 0.384. The summed E-state index contributed by atoms with van der Waals surface area (Å²) in [5, 5.41) is 20.0. The van der Waals surface area contributed by atoms with Crippen molar-refractivity contribution in [2.75, 3.05) is 11.9 Å². The Kier molecular flexibility index (Phi) is 4.06. The van der Waals surface area contributed by atoms with Crippen molar-refractivity contribution in [3.05, 3.63) is 22.3 Å². The average molecular weight is 270 g/mol. The van der Waals surface area contributed by atoms with E-state index in [1.807, 2.05) is 6.07 Å². The summed E-state index contributed by atoms with van der Waals surface area (Å²) in [5.74, 6) is -0.486. The maximum absolute atomic E-state index is 10.3. The van der Waals surface area contributed by atoms with Crippen molar-refractivity contribution in [1.29, 1.82) is 5.26 Å². The minimum Gasteiger partial charge on any atom is -0.481 e. The lowest BCUT2D eigenvalue weighted by Crippen LogP contribution is -2.09. The highest BCUT2D eigenvalue weighted by atomic mass is 79.9. The molecule has 5 nitrogen and oxygen atoms in total. The molecule has 0 spiro atoms. The van der Waals surface area contributed by atoms with Gasteiger partial charge in [0.1, 0.15) is 11.9 Å². The van der Waals surface area contributed by atoms with E-state index in [-0.39, 0.29) is 13.0 Å². The van der Waals surface area contributed by atoms with Crippen LogP contribution in [0.5, 0.6) is 0 Å². The van der Waals surface area contributed by atoms with Crippen molar-refractivity contribution in [1.82, 2.24) is 4.98 Å². The minimum absolute atomic E-state index is 0.0113. The number of halogens is 1. The molecule has 1 aromatic rings. The summed E-state index contributed by atoms with van der Waals surface area (Å²) in [6.45, 7) is 0.249. The Hall–Kier alpha value is -1.61. The summed E-state index contributed by atoms with van der Waals surface area (Å²) in [4.78, 5) is 14.2. The van der Waals surface area contributed by atoms with Crippen LogP contribution in [0.2, 0.25) is 0 Å². The smallest absolute Gasteiger partial charge is 0.305 e. The average Bonchev–Trinajstić information content (AvgIpc) is 2.19. The summed E-state index contributed by atoms with van der Waals surface area (Å²) < 4.78 is 0.711. The number of anilines is 1. The number of rotatable bonds is 4. The Bertz CT molecular complexity index is 414. The zero-order valence-corrected chi connectivity index (χ0v) is 9.28. The Morgan fingerprint density at radius 1 is 1.73 bits per heavy atom. The van der Waals surface area contributed by atoms with Crippen LogP contribution in [0, 0.1) is 11.3 Å². The number of hydrogen-bond donors (Lipinski definition) is 2. The highest BCUT2D eigenvalue weighted by Crippen LogP contribution is 2.16. The van der Waals surface area contributed by atoms with Gasteiger partial charge in [0.25, 0.3) is 0 Å². The van der Waals surface area contributed by atoms with Crippen LogP contribution in [0.15, 0.2) is 16.7 Å². The summed E-state index contributed by atoms with van der Waals surface area (Å²) in [7, 11) is 0. The van der Waals surface area contributed by atoms with E-state index in [1.165, 1.54) is 0 Å². The van der Waals surface area contributed by atoms with Gasteiger partial charge in [-0.1, -0.05) is 0 Å². The Labute approximate surface area is 94.9 Å². The van der Waals surface area contributed by atoms with Crippen LogP contribution in [0.25, 0.3) is 0 Å². The SMILES string of the molecule is N#Cc1cc(Br)cnc1NCCC(=O)O. The molecule has 1 heterocycles. The van der Waals surface area contributed by atoms with E-state index in [9.17, 15) is 4.79 Å². The van der Waals surface area contributed by atoms with Crippen LogP contribution in [-0.2, 0) is 4.79 Å². The molecule has 78 valence electrons. The second-order valence-corrected chi connectivity index (χ2v) is 3.65. The third kappa shape index (κ3) is 3.56. The Morgan fingerprint density at radius 3 is 3.07 bits per heavy atom. The first-order valence-electron chi connectivity index (χ1n) is 4.15. The maximum Gasteiger partial charge on any atom is 0.305 e. The molecular formula is C9H8BrN3O2. The van der Waals surface area contributed by atoms with Gasteiger partial charge in [-0.25, -0.2) is 4.98 Å². The number of aliphatic carboxylic acids is 1. The van der Waals surface area contributed by atoms with E-state index in [1.54, 1.807) is 12.3 Å². The Morgan fingerprint density at radius 2 is 2.47 bits per heavy atom. The van der Waals surface area contributed by atoms with Gasteiger partial charge in [0, 0.05) is 17.2 Å². The predicted molar refractivity (Wildman–Crippen MR) is 57.4 cm³/mol. The largest absolute Gasteiger partial charge is 0.481 e. The second kappa shape index (κ2) is 5.32. The number of nitriles is 1. The fraction of sp³-hybridized carbons (Fsp3) is 0.222. The van der Waals surface area contributed by atoms with Gasteiger partial charge in [0.05, 0.1) is 12.0 Å². The van der Waals surface area contributed by atoms with Crippen LogP contribution in [0.1, 0.15) is 12.0 Å². The minimum atomic E-state index is -0.891. The van der Waals surface area contributed by atoms with Gasteiger partial charge in [-0.3, -0.25) is 4.79 Å². The van der Waals surface area contributed by atoms with Crippen molar-refractivity contribution in [2.24, 2.45) is 0 Å². The molecule has 0 saturated carbocycles. The maximum atomic E-state index is 10.3. The van der Waals surface area contributed by atoms with E-state index in [2.05, 4.69) is 26.2 Å². The van der Waals surface area contributed by atoms with Crippen LogP contribution < -0.4 is 5.32 Å². The molecule has 0 aromatic carbocycles. The van der Waals surface area contributed by atoms with Crippen LogP contribution in [0.3, 0.4) is 0 Å². The van der Waals surface area contributed by atoms with Gasteiger partial charge in [-0.2, -0.15) is 5.26 Å². The van der Waals surface area contributed by atoms with Crippen molar-refractivity contribution in [3.8, 4) is 6.07 Å². The Balaban J connectivity index is 2.69. The van der Waals surface area contributed by atoms with Crippen LogP contribution in [-0.4, -0.2) is 22.6 Å². The molecule has 0 fully saturated rings.